The van der Waals surface area contributed by atoms with Crippen molar-refractivity contribution in [1.29, 1.82) is 0 Å². The molecule has 0 spiro atoms. The zero-order valence-corrected chi connectivity index (χ0v) is 14.4. The number of halogens is 1. The molecule has 118 valence electrons. The molecule has 0 saturated carbocycles. The number of ether oxygens (including phenoxy) is 1. The number of benzene rings is 1. The standard InChI is InChI=1S/C15H12BrN3O3S/c1-22-15-14(7-11(16)8-18-15)23(20,21)19-12-6-10-4-2-3-5-13(10)17-9-12/h2-9,19H,1H3. The molecule has 1 aromatic carbocycles. The van der Waals surface area contributed by atoms with E-state index in [1.165, 1.54) is 25.6 Å². The van der Waals surface area contributed by atoms with Crippen molar-refractivity contribution < 1.29 is 13.2 Å². The van der Waals surface area contributed by atoms with E-state index in [-0.39, 0.29) is 10.8 Å². The summed E-state index contributed by atoms with van der Waals surface area (Å²) in [6, 6.07) is 10.6. The molecule has 1 N–H and O–H groups in total. The van der Waals surface area contributed by atoms with Crippen molar-refractivity contribution in [1.82, 2.24) is 9.97 Å². The maximum absolute atomic E-state index is 12.6. The smallest absolute Gasteiger partial charge is 0.267 e. The molecule has 0 radical (unpaired) electrons. The summed E-state index contributed by atoms with van der Waals surface area (Å²) in [4.78, 5) is 8.13. The molecule has 3 rings (SSSR count). The van der Waals surface area contributed by atoms with Gasteiger partial charge in [0.2, 0.25) is 5.88 Å². The van der Waals surface area contributed by atoms with Crippen LogP contribution in [0.3, 0.4) is 0 Å². The Hall–Kier alpha value is -2.19. The van der Waals surface area contributed by atoms with Crippen molar-refractivity contribution in [3.8, 4) is 5.88 Å². The van der Waals surface area contributed by atoms with Crippen molar-refractivity contribution in [2.24, 2.45) is 0 Å². The number of nitrogens with one attached hydrogen (secondary N) is 1. The van der Waals surface area contributed by atoms with Crippen LogP contribution in [0.2, 0.25) is 0 Å². The number of anilines is 1. The maximum Gasteiger partial charge on any atom is 0.267 e. The summed E-state index contributed by atoms with van der Waals surface area (Å²) in [5, 5.41) is 0.840. The van der Waals surface area contributed by atoms with E-state index in [0.717, 1.165) is 10.9 Å². The van der Waals surface area contributed by atoms with Gasteiger partial charge in [-0.05, 0) is 34.1 Å². The largest absolute Gasteiger partial charge is 0.480 e. The van der Waals surface area contributed by atoms with E-state index in [0.29, 0.717) is 10.2 Å². The summed E-state index contributed by atoms with van der Waals surface area (Å²) in [6.07, 6.45) is 2.94. The van der Waals surface area contributed by atoms with Crippen LogP contribution in [0.15, 0.2) is 58.2 Å². The Morgan fingerprint density at radius 1 is 1.13 bits per heavy atom. The third-order valence-electron chi connectivity index (χ3n) is 3.11. The van der Waals surface area contributed by atoms with Gasteiger partial charge in [0.25, 0.3) is 10.0 Å². The quantitative estimate of drug-likeness (QED) is 0.735. The van der Waals surface area contributed by atoms with Gasteiger partial charge in [-0.2, -0.15) is 0 Å². The molecule has 0 atom stereocenters. The Morgan fingerprint density at radius 3 is 2.70 bits per heavy atom. The first kappa shape index (κ1) is 15.7. The summed E-state index contributed by atoms with van der Waals surface area (Å²) >= 11 is 3.21. The van der Waals surface area contributed by atoms with E-state index < -0.39 is 10.0 Å². The van der Waals surface area contributed by atoms with E-state index in [1.54, 1.807) is 6.07 Å². The molecule has 0 aliphatic heterocycles. The second-order valence-corrected chi connectivity index (χ2v) is 7.25. The first-order valence-electron chi connectivity index (χ1n) is 6.57. The fourth-order valence-corrected chi connectivity index (χ4v) is 3.75. The van der Waals surface area contributed by atoms with Crippen molar-refractivity contribution in [2.75, 3.05) is 11.8 Å². The fraction of sp³-hybridized carbons (Fsp3) is 0.0667. The number of hydrogen-bond donors (Lipinski definition) is 1. The molecule has 0 bridgehead atoms. The first-order valence-corrected chi connectivity index (χ1v) is 8.84. The van der Waals surface area contributed by atoms with Crippen LogP contribution in [0.4, 0.5) is 5.69 Å². The number of sulfonamides is 1. The third kappa shape index (κ3) is 3.27. The number of pyridine rings is 2. The summed E-state index contributed by atoms with van der Waals surface area (Å²) in [5.41, 5.74) is 1.16. The van der Waals surface area contributed by atoms with Crippen molar-refractivity contribution >= 4 is 42.5 Å². The number of aromatic nitrogens is 2. The van der Waals surface area contributed by atoms with Crippen LogP contribution >= 0.6 is 15.9 Å². The lowest BCUT2D eigenvalue weighted by Crippen LogP contribution is -2.15. The molecule has 6 nitrogen and oxygen atoms in total. The SMILES string of the molecule is COc1ncc(Br)cc1S(=O)(=O)Nc1cnc2ccccc2c1. The average molecular weight is 394 g/mol. The van der Waals surface area contributed by atoms with Gasteiger partial charge in [-0.15, -0.1) is 0 Å². The normalized spacial score (nSPS) is 11.4. The number of methoxy groups -OCH3 is 1. The Balaban J connectivity index is 2.01. The van der Waals surface area contributed by atoms with Crippen LogP contribution in [0.5, 0.6) is 5.88 Å². The number of rotatable bonds is 4. The molecular weight excluding hydrogens is 382 g/mol. The highest BCUT2D eigenvalue weighted by Crippen LogP contribution is 2.27. The van der Waals surface area contributed by atoms with Crippen LogP contribution in [-0.4, -0.2) is 25.5 Å². The second-order valence-electron chi connectivity index (χ2n) is 4.68. The number of hydrogen-bond acceptors (Lipinski definition) is 5. The molecule has 2 aromatic heterocycles. The first-order chi connectivity index (χ1) is 11.0. The van der Waals surface area contributed by atoms with Crippen molar-refractivity contribution in [3.05, 3.63) is 53.3 Å². The third-order valence-corrected chi connectivity index (χ3v) is 4.92. The van der Waals surface area contributed by atoms with Gasteiger partial charge in [-0.3, -0.25) is 9.71 Å². The van der Waals surface area contributed by atoms with E-state index >= 15 is 0 Å². The highest BCUT2D eigenvalue weighted by Gasteiger charge is 2.21. The van der Waals surface area contributed by atoms with Crippen LogP contribution in [0.1, 0.15) is 0 Å². The highest BCUT2D eigenvalue weighted by molar-refractivity contribution is 9.10. The zero-order valence-electron chi connectivity index (χ0n) is 12.0. The molecule has 0 unspecified atom stereocenters. The minimum Gasteiger partial charge on any atom is -0.480 e. The maximum atomic E-state index is 12.6. The Bertz CT molecular complexity index is 977. The van der Waals surface area contributed by atoms with E-state index in [4.69, 9.17) is 4.74 Å². The Kier molecular flexibility index (Phi) is 4.18. The minimum atomic E-state index is -3.85. The molecule has 0 aliphatic rings. The summed E-state index contributed by atoms with van der Waals surface area (Å²) in [5.74, 6) is 0.0226. The van der Waals surface area contributed by atoms with Gasteiger partial charge in [0.15, 0.2) is 4.90 Å². The van der Waals surface area contributed by atoms with Crippen LogP contribution in [0.25, 0.3) is 10.9 Å². The lowest BCUT2D eigenvalue weighted by atomic mass is 10.2. The summed E-state index contributed by atoms with van der Waals surface area (Å²) in [6.45, 7) is 0. The Labute approximate surface area is 141 Å². The molecule has 0 aliphatic carbocycles. The molecule has 0 amide bonds. The number of nitrogens with zero attached hydrogens (tertiary/aromatic N) is 2. The van der Waals surface area contributed by atoms with Gasteiger partial charge in [0, 0.05) is 16.1 Å². The van der Waals surface area contributed by atoms with Crippen molar-refractivity contribution in [3.63, 3.8) is 0 Å². The highest BCUT2D eigenvalue weighted by atomic mass is 79.9. The van der Waals surface area contributed by atoms with Gasteiger partial charge in [0.05, 0.1) is 24.5 Å². The fourth-order valence-electron chi connectivity index (χ4n) is 2.09. The number of para-hydroxylation sites is 1. The van der Waals surface area contributed by atoms with Gasteiger partial charge < -0.3 is 4.74 Å². The van der Waals surface area contributed by atoms with E-state index in [9.17, 15) is 8.42 Å². The van der Waals surface area contributed by atoms with E-state index in [1.807, 2.05) is 24.3 Å². The van der Waals surface area contributed by atoms with Gasteiger partial charge in [-0.1, -0.05) is 18.2 Å². The van der Waals surface area contributed by atoms with Gasteiger partial charge in [0.1, 0.15) is 0 Å². The predicted octanol–water partition coefficient (Wildman–Crippen LogP) is 3.20. The minimum absolute atomic E-state index is 0.0226. The lowest BCUT2D eigenvalue weighted by molar-refractivity contribution is 0.385. The van der Waals surface area contributed by atoms with Crippen LogP contribution in [0, 0.1) is 0 Å². The second kappa shape index (κ2) is 6.13. The van der Waals surface area contributed by atoms with Crippen molar-refractivity contribution in [2.45, 2.75) is 4.90 Å². The van der Waals surface area contributed by atoms with Gasteiger partial charge >= 0.3 is 0 Å². The molecule has 2 heterocycles. The molecule has 23 heavy (non-hydrogen) atoms. The summed E-state index contributed by atoms with van der Waals surface area (Å²) < 4.78 is 33.2. The predicted molar refractivity (Wildman–Crippen MR) is 91.0 cm³/mol. The Morgan fingerprint density at radius 2 is 1.91 bits per heavy atom. The zero-order chi connectivity index (χ0) is 16.4. The topological polar surface area (TPSA) is 81.2 Å². The van der Waals surface area contributed by atoms with Crippen LogP contribution in [-0.2, 0) is 10.0 Å². The van der Waals surface area contributed by atoms with Gasteiger partial charge in [-0.25, -0.2) is 13.4 Å². The monoisotopic (exact) mass is 393 g/mol. The average Bonchev–Trinajstić information content (AvgIpc) is 2.54. The van der Waals surface area contributed by atoms with E-state index in [2.05, 4.69) is 30.6 Å². The summed E-state index contributed by atoms with van der Waals surface area (Å²) in [7, 11) is -2.49. The number of fused-ring (bicyclic) bond motifs is 1. The van der Waals surface area contributed by atoms with Crippen LogP contribution < -0.4 is 9.46 Å². The molecule has 0 saturated heterocycles. The molecule has 3 aromatic rings. The molecular formula is C15H12BrN3O3S. The molecule has 0 fully saturated rings. The molecule has 8 heteroatoms. The lowest BCUT2D eigenvalue weighted by Gasteiger charge is -2.11.